The van der Waals surface area contributed by atoms with Gasteiger partial charge in [-0.05, 0) is 74.4 Å². The lowest BCUT2D eigenvalue weighted by Gasteiger charge is -2.19. The molecule has 1 heterocycles. The van der Waals surface area contributed by atoms with Gasteiger partial charge in [0.15, 0.2) is 0 Å². The van der Waals surface area contributed by atoms with Gasteiger partial charge in [0.05, 0.1) is 0 Å². The van der Waals surface area contributed by atoms with E-state index in [0.717, 1.165) is 11.1 Å². The van der Waals surface area contributed by atoms with Crippen molar-refractivity contribution >= 4 is 29.3 Å². The van der Waals surface area contributed by atoms with Crippen LogP contribution in [0.4, 0.5) is 16.2 Å². The first-order valence-corrected chi connectivity index (χ1v) is 9.54. The molecule has 3 aromatic rings. The smallest absolute Gasteiger partial charge is 0.412 e. The molecule has 2 amide bonds. The number of hydrogen-bond donors (Lipinski definition) is 4. The van der Waals surface area contributed by atoms with E-state index in [1.807, 2.05) is 0 Å². The minimum absolute atomic E-state index is 0.108. The fourth-order valence-electron chi connectivity index (χ4n) is 2.76. The van der Waals surface area contributed by atoms with Gasteiger partial charge in [-0.15, -0.1) is 0 Å². The monoisotopic (exact) mass is 421 g/mol. The number of aromatic carboxylic acids is 1. The predicted molar refractivity (Wildman–Crippen MR) is 117 cm³/mol. The Hall–Kier alpha value is -4.07. The lowest BCUT2D eigenvalue weighted by Crippen LogP contribution is -2.27. The summed E-state index contributed by atoms with van der Waals surface area (Å²) in [7, 11) is 0. The third kappa shape index (κ3) is 5.96. The number of carboxylic acids is 1. The molecule has 160 valence electrons. The Morgan fingerprint density at radius 3 is 2.00 bits per heavy atom. The number of rotatable bonds is 5. The summed E-state index contributed by atoms with van der Waals surface area (Å²) in [5.41, 5.74) is 2.61. The first-order chi connectivity index (χ1) is 14.6. The fourth-order valence-corrected chi connectivity index (χ4v) is 2.76. The zero-order chi connectivity index (χ0) is 22.6. The van der Waals surface area contributed by atoms with Gasteiger partial charge in [0.1, 0.15) is 11.3 Å². The maximum Gasteiger partial charge on any atom is 0.412 e. The molecule has 0 aliphatic heterocycles. The molecular weight excluding hydrogens is 398 g/mol. The van der Waals surface area contributed by atoms with Crippen molar-refractivity contribution in [1.29, 1.82) is 0 Å². The molecule has 0 unspecified atom stereocenters. The third-order valence-electron chi connectivity index (χ3n) is 4.18. The molecular formula is C23H23N3O5. The predicted octanol–water partition coefficient (Wildman–Crippen LogP) is 4.98. The number of H-pyrrole nitrogens is 1. The second-order valence-electron chi connectivity index (χ2n) is 7.84. The van der Waals surface area contributed by atoms with Gasteiger partial charge >= 0.3 is 12.1 Å². The van der Waals surface area contributed by atoms with Gasteiger partial charge in [0.2, 0.25) is 0 Å². The largest absolute Gasteiger partial charge is 0.477 e. The number of hydrogen-bond acceptors (Lipinski definition) is 4. The highest BCUT2D eigenvalue weighted by molar-refractivity contribution is 6.04. The molecule has 0 aliphatic rings. The Morgan fingerprint density at radius 1 is 0.871 bits per heavy atom. The minimum Gasteiger partial charge on any atom is -0.477 e. The van der Waals surface area contributed by atoms with E-state index in [2.05, 4.69) is 15.6 Å². The highest BCUT2D eigenvalue weighted by Crippen LogP contribution is 2.23. The maximum atomic E-state index is 12.5. The molecule has 3 rings (SSSR count). The van der Waals surface area contributed by atoms with Gasteiger partial charge in [0, 0.05) is 23.1 Å². The van der Waals surface area contributed by atoms with Crippen LogP contribution in [-0.4, -0.2) is 33.7 Å². The molecule has 2 aromatic carbocycles. The van der Waals surface area contributed by atoms with Gasteiger partial charge in [-0.3, -0.25) is 10.1 Å². The maximum absolute atomic E-state index is 12.5. The summed E-state index contributed by atoms with van der Waals surface area (Å²) >= 11 is 0. The Labute approximate surface area is 179 Å². The van der Waals surface area contributed by atoms with E-state index < -0.39 is 17.7 Å². The number of aromatic nitrogens is 1. The third-order valence-corrected chi connectivity index (χ3v) is 4.18. The highest BCUT2D eigenvalue weighted by Gasteiger charge is 2.16. The van der Waals surface area contributed by atoms with E-state index in [0.29, 0.717) is 16.9 Å². The molecule has 31 heavy (non-hydrogen) atoms. The fraction of sp³-hybridized carbons (Fsp3) is 0.174. The van der Waals surface area contributed by atoms with E-state index >= 15 is 0 Å². The number of ether oxygens (including phenoxy) is 1. The van der Waals surface area contributed by atoms with Crippen LogP contribution in [0.5, 0.6) is 0 Å². The quantitative estimate of drug-likeness (QED) is 0.463. The number of nitrogens with one attached hydrogen (secondary N) is 3. The molecule has 1 aromatic heterocycles. The average molecular weight is 421 g/mol. The first-order valence-electron chi connectivity index (χ1n) is 9.54. The van der Waals surface area contributed by atoms with Crippen molar-refractivity contribution in [2.45, 2.75) is 26.4 Å². The van der Waals surface area contributed by atoms with Crippen LogP contribution in [-0.2, 0) is 4.74 Å². The molecule has 0 saturated carbocycles. The van der Waals surface area contributed by atoms with E-state index in [1.165, 1.54) is 0 Å². The number of anilines is 2. The normalized spacial score (nSPS) is 10.9. The molecule has 0 fully saturated rings. The van der Waals surface area contributed by atoms with Gasteiger partial charge < -0.3 is 20.1 Å². The number of amides is 2. The van der Waals surface area contributed by atoms with E-state index in [9.17, 15) is 14.4 Å². The zero-order valence-electron chi connectivity index (χ0n) is 17.4. The lowest BCUT2D eigenvalue weighted by molar-refractivity contribution is 0.0633. The van der Waals surface area contributed by atoms with E-state index in [1.54, 1.807) is 81.6 Å². The molecule has 0 atom stereocenters. The van der Waals surface area contributed by atoms with Crippen molar-refractivity contribution in [2.24, 2.45) is 0 Å². The second kappa shape index (κ2) is 8.74. The van der Waals surface area contributed by atoms with Gasteiger partial charge in [-0.1, -0.05) is 12.1 Å². The molecule has 0 spiro atoms. The summed E-state index contributed by atoms with van der Waals surface area (Å²) in [6.07, 6.45) is 1.05. The average Bonchev–Trinajstić information content (AvgIpc) is 3.18. The van der Waals surface area contributed by atoms with Crippen LogP contribution in [0.2, 0.25) is 0 Å². The number of carbonyl (C=O) groups excluding carboxylic acids is 2. The number of carbonyl (C=O) groups is 3. The SMILES string of the molecule is CC(C)(C)OC(=O)Nc1ccc(C(=O)Nc2ccc(-c3c[nH]c(C(=O)O)c3)cc2)cc1. The van der Waals surface area contributed by atoms with Gasteiger partial charge in [0.25, 0.3) is 5.91 Å². The van der Waals surface area contributed by atoms with Crippen LogP contribution in [0.25, 0.3) is 11.1 Å². The van der Waals surface area contributed by atoms with Crippen molar-refractivity contribution in [3.63, 3.8) is 0 Å². The van der Waals surface area contributed by atoms with Crippen LogP contribution in [0, 0.1) is 0 Å². The summed E-state index contributed by atoms with van der Waals surface area (Å²) in [4.78, 5) is 38.0. The summed E-state index contributed by atoms with van der Waals surface area (Å²) in [6.45, 7) is 5.33. The zero-order valence-corrected chi connectivity index (χ0v) is 17.4. The van der Waals surface area contributed by atoms with E-state index in [-0.39, 0.29) is 11.6 Å². The number of carboxylic acid groups (broad SMARTS) is 1. The first kappa shape index (κ1) is 21.6. The summed E-state index contributed by atoms with van der Waals surface area (Å²) in [5, 5.41) is 14.4. The molecule has 8 heteroatoms. The Balaban J connectivity index is 1.60. The minimum atomic E-state index is -1.03. The highest BCUT2D eigenvalue weighted by atomic mass is 16.6. The number of aromatic amines is 1. The summed E-state index contributed by atoms with van der Waals surface area (Å²) in [6, 6.07) is 15.0. The topological polar surface area (TPSA) is 121 Å². The number of benzene rings is 2. The molecule has 0 bridgehead atoms. The van der Waals surface area contributed by atoms with Gasteiger partial charge in [-0.25, -0.2) is 9.59 Å². The van der Waals surface area contributed by atoms with Crippen molar-refractivity contribution in [3.05, 3.63) is 72.1 Å². The van der Waals surface area contributed by atoms with Crippen molar-refractivity contribution < 1.29 is 24.2 Å². The van der Waals surface area contributed by atoms with E-state index in [4.69, 9.17) is 9.84 Å². The van der Waals surface area contributed by atoms with Crippen LogP contribution < -0.4 is 10.6 Å². The van der Waals surface area contributed by atoms with Crippen LogP contribution in [0.1, 0.15) is 41.6 Å². The van der Waals surface area contributed by atoms with Crippen LogP contribution >= 0.6 is 0 Å². The molecule has 4 N–H and O–H groups in total. The summed E-state index contributed by atoms with van der Waals surface area (Å²) < 4.78 is 5.19. The molecule has 8 nitrogen and oxygen atoms in total. The Morgan fingerprint density at radius 2 is 1.45 bits per heavy atom. The van der Waals surface area contributed by atoms with Crippen LogP contribution in [0.15, 0.2) is 60.8 Å². The van der Waals surface area contributed by atoms with Gasteiger partial charge in [-0.2, -0.15) is 0 Å². The lowest BCUT2D eigenvalue weighted by atomic mass is 10.1. The molecule has 0 radical (unpaired) electrons. The Bertz CT molecular complexity index is 1090. The second-order valence-corrected chi connectivity index (χ2v) is 7.84. The molecule has 0 saturated heterocycles. The standard InChI is InChI=1S/C23H23N3O5/c1-23(2,3)31-22(30)26-18-10-6-15(7-11-18)20(27)25-17-8-4-14(5-9-17)16-12-19(21(28)29)24-13-16/h4-13,24H,1-3H3,(H,25,27)(H,26,30)(H,28,29). The van der Waals surface area contributed by atoms with Crippen LogP contribution in [0.3, 0.4) is 0 Å². The Kier molecular flexibility index (Phi) is 6.10. The van der Waals surface area contributed by atoms with Crippen molar-refractivity contribution in [2.75, 3.05) is 10.6 Å². The van der Waals surface area contributed by atoms with Crippen molar-refractivity contribution in [1.82, 2.24) is 4.98 Å². The molecule has 0 aliphatic carbocycles. The van der Waals surface area contributed by atoms with Crippen molar-refractivity contribution in [3.8, 4) is 11.1 Å². The summed E-state index contributed by atoms with van der Waals surface area (Å²) in [5.74, 6) is -1.33.